The zero-order valence-corrected chi connectivity index (χ0v) is 14.4. The number of ether oxygens (including phenoxy) is 2. The molecule has 1 aromatic heterocycles. The molecule has 2 rings (SSSR count). The van der Waals surface area contributed by atoms with E-state index in [4.69, 9.17) is 9.47 Å². The average Bonchev–Trinajstić information content (AvgIpc) is 2.74. The number of hydrogen-bond acceptors (Lipinski definition) is 5. The van der Waals surface area contributed by atoms with Crippen LogP contribution in [0.3, 0.4) is 0 Å². The molecule has 5 nitrogen and oxygen atoms in total. The molecule has 0 radical (unpaired) electrons. The smallest absolute Gasteiger partial charge is 0.412 e. The molecule has 1 aliphatic carbocycles. The highest BCUT2D eigenvalue weighted by atomic mass is 32.1. The molecule has 22 heavy (non-hydrogen) atoms. The van der Waals surface area contributed by atoms with E-state index in [9.17, 15) is 9.59 Å². The molecule has 1 aliphatic rings. The van der Waals surface area contributed by atoms with Crippen molar-refractivity contribution in [2.24, 2.45) is 0 Å². The largest absolute Gasteiger partial charge is 0.462 e. The fraction of sp³-hybridized carbons (Fsp3) is 0.625. The van der Waals surface area contributed by atoms with Crippen LogP contribution in [0.2, 0.25) is 0 Å². The number of thiophene rings is 1. The summed E-state index contributed by atoms with van der Waals surface area (Å²) in [6.45, 7) is 7.50. The van der Waals surface area contributed by atoms with Gasteiger partial charge in [0.2, 0.25) is 0 Å². The quantitative estimate of drug-likeness (QED) is 0.848. The minimum atomic E-state index is -0.578. The summed E-state index contributed by atoms with van der Waals surface area (Å²) in [6.07, 6.45) is 3.43. The number of aryl methyl sites for hydroxylation is 1. The van der Waals surface area contributed by atoms with Gasteiger partial charge < -0.3 is 9.47 Å². The molecular weight excluding hydrogens is 302 g/mol. The van der Waals surface area contributed by atoms with Crippen LogP contribution < -0.4 is 5.32 Å². The summed E-state index contributed by atoms with van der Waals surface area (Å²) in [5, 5.41) is 3.26. The number of esters is 1. The molecule has 0 aromatic carbocycles. The first-order chi connectivity index (χ1) is 10.3. The lowest BCUT2D eigenvalue weighted by Crippen LogP contribution is -2.27. The van der Waals surface area contributed by atoms with Crippen LogP contribution in [0.15, 0.2) is 0 Å². The monoisotopic (exact) mass is 325 g/mol. The van der Waals surface area contributed by atoms with E-state index in [0.717, 1.165) is 31.2 Å². The lowest BCUT2D eigenvalue weighted by Gasteiger charge is -2.19. The van der Waals surface area contributed by atoms with Crippen molar-refractivity contribution in [1.82, 2.24) is 0 Å². The first kappa shape index (κ1) is 16.8. The lowest BCUT2D eigenvalue weighted by molar-refractivity contribution is 0.0526. The van der Waals surface area contributed by atoms with Gasteiger partial charge in [0.1, 0.15) is 10.6 Å². The zero-order valence-electron chi connectivity index (χ0n) is 13.6. The fourth-order valence-electron chi connectivity index (χ4n) is 2.47. The van der Waals surface area contributed by atoms with Gasteiger partial charge in [-0.2, -0.15) is 0 Å². The molecular formula is C16H23NO4S. The first-order valence-electron chi connectivity index (χ1n) is 7.63. The van der Waals surface area contributed by atoms with Gasteiger partial charge in [-0.25, -0.2) is 9.59 Å². The van der Waals surface area contributed by atoms with E-state index in [1.165, 1.54) is 16.2 Å². The molecule has 1 amide bonds. The van der Waals surface area contributed by atoms with Gasteiger partial charge in [-0.15, -0.1) is 11.3 Å². The molecule has 0 saturated carbocycles. The Hall–Kier alpha value is -1.56. The molecule has 0 aliphatic heterocycles. The van der Waals surface area contributed by atoms with Crippen LogP contribution in [0, 0.1) is 0 Å². The number of anilines is 1. The maximum absolute atomic E-state index is 12.3. The van der Waals surface area contributed by atoms with Crippen LogP contribution in [0.4, 0.5) is 9.80 Å². The standard InChI is InChI=1S/C16H23NO4S/c1-5-20-14(18)12-10-8-6-7-9-11(10)22-13(12)17-15(19)21-16(2,3)4/h5-9H2,1-4H3,(H,17,19). The van der Waals surface area contributed by atoms with E-state index in [1.807, 2.05) is 0 Å². The van der Waals surface area contributed by atoms with Gasteiger partial charge in [0, 0.05) is 4.88 Å². The summed E-state index contributed by atoms with van der Waals surface area (Å²) < 4.78 is 10.4. The Morgan fingerprint density at radius 1 is 1.23 bits per heavy atom. The van der Waals surface area contributed by atoms with Crippen LogP contribution >= 0.6 is 11.3 Å². The normalized spacial score (nSPS) is 14.2. The Morgan fingerprint density at radius 3 is 2.55 bits per heavy atom. The van der Waals surface area contributed by atoms with Crippen molar-refractivity contribution >= 4 is 28.4 Å². The minimum absolute atomic E-state index is 0.315. The first-order valence-corrected chi connectivity index (χ1v) is 8.45. The van der Waals surface area contributed by atoms with E-state index in [2.05, 4.69) is 5.32 Å². The van der Waals surface area contributed by atoms with Gasteiger partial charge in [-0.05, 0) is 58.9 Å². The molecule has 1 aromatic rings. The zero-order chi connectivity index (χ0) is 16.3. The number of carbonyl (C=O) groups is 2. The Kier molecular flexibility index (Phi) is 5.11. The van der Waals surface area contributed by atoms with Crippen LogP contribution in [0.5, 0.6) is 0 Å². The van der Waals surface area contributed by atoms with Gasteiger partial charge >= 0.3 is 12.1 Å². The number of hydrogen-bond donors (Lipinski definition) is 1. The Morgan fingerprint density at radius 2 is 1.91 bits per heavy atom. The lowest BCUT2D eigenvalue weighted by atomic mass is 9.95. The maximum Gasteiger partial charge on any atom is 0.412 e. The predicted molar refractivity (Wildman–Crippen MR) is 86.8 cm³/mol. The molecule has 1 heterocycles. The molecule has 0 atom stereocenters. The Labute approximate surface area is 135 Å². The van der Waals surface area contributed by atoms with Gasteiger partial charge in [0.25, 0.3) is 0 Å². The summed E-state index contributed by atoms with van der Waals surface area (Å²) >= 11 is 1.46. The number of nitrogens with one attached hydrogen (secondary N) is 1. The van der Waals surface area contributed by atoms with Crippen molar-refractivity contribution in [3.8, 4) is 0 Å². The summed E-state index contributed by atoms with van der Waals surface area (Å²) in [7, 11) is 0. The molecule has 0 bridgehead atoms. The van der Waals surface area contributed by atoms with Gasteiger partial charge in [-0.1, -0.05) is 0 Å². The van der Waals surface area contributed by atoms with Gasteiger partial charge in [0.05, 0.1) is 12.2 Å². The predicted octanol–water partition coefficient (Wildman–Crippen LogP) is 4.15. The molecule has 6 heteroatoms. The topological polar surface area (TPSA) is 64.6 Å². The van der Waals surface area contributed by atoms with E-state index in [1.54, 1.807) is 27.7 Å². The summed E-state index contributed by atoms with van der Waals surface area (Å²) in [5.74, 6) is -0.368. The van der Waals surface area contributed by atoms with E-state index >= 15 is 0 Å². The van der Waals surface area contributed by atoms with Gasteiger partial charge in [-0.3, -0.25) is 5.32 Å². The van der Waals surface area contributed by atoms with Crippen LogP contribution in [0.1, 0.15) is 61.3 Å². The average molecular weight is 325 g/mol. The Bertz CT molecular complexity index is 571. The second kappa shape index (κ2) is 6.69. The maximum atomic E-state index is 12.3. The van der Waals surface area contributed by atoms with E-state index < -0.39 is 11.7 Å². The van der Waals surface area contributed by atoms with Crippen molar-refractivity contribution in [3.05, 3.63) is 16.0 Å². The van der Waals surface area contributed by atoms with Crippen molar-refractivity contribution in [3.63, 3.8) is 0 Å². The highest BCUT2D eigenvalue weighted by molar-refractivity contribution is 7.17. The van der Waals surface area contributed by atoms with Crippen molar-refractivity contribution in [1.29, 1.82) is 0 Å². The van der Waals surface area contributed by atoms with Crippen LogP contribution in [-0.4, -0.2) is 24.3 Å². The number of rotatable bonds is 3. The van der Waals surface area contributed by atoms with Crippen molar-refractivity contribution < 1.29 is 19.1 Å². The Balaban J connectivity index is 2.28. The number of carbonyl (C=O) groups excluding carboxylic acids is 2. The third-order valence-corrected chi connectivity index (χ3v) is 4.47. The highest BCUT2D eigenvalue weighted by Gasteiger charge is 2.28. The number of fused-ring (bicyclic) bond motifs is 1. The van der Waals surface area contributed by atoms with Crippen LogP contribution in [-0.2, 0) is 22.3 Å². The van der Waals surface area contributed by atoms with E-state index in [0.29, 0.717) is 17.2 Å². The molecule has 122 valence electrons. The summed E-state index contributed by atoms with van der Waals surface area (Å²) in [5.41, 5.74) is 0.957. The fourth-order valence-corrected chi connectivity index (χ4v) is 3.73. The van der Waals surface area contributed by atoms with Crippen molar-refractivity contribution in [2.45, 2.75) is 59.0 Å². The molecule has 1 N–H and O–H groups in total. The number of amides is 1. The third-order valence-electron chi connectivity index (χ3n) is 3.27. The second-order valence-electron chi connectivity index (χ2n) is 6.26. The molecule has 0 saturated heterocycles. The van der Waals surface area contributed by atoms with Crippen molar-refractivity contribution in [2.75, 3.05) is 11.9 Å². The molecule has 0 spiro atoms. The SMILES string of the molecule is CCOC(=O)c1c(NC(=O)OC(C)(C)C)sc2c1CCCC2. The van der Waals surface area contributed by atoms with E-state index in [-0.39, 0.29) is 5.97 Å². The third kappa shape index (κ3) is 4.00. The second-order valence-corrected chi connectivity index (χ2v) is 7.37. The molecule has 0 unspecified atom stereocenters. The summed E-state index contributed by atoms with van der Waals surface area (Å²) in [4.78, 5) is 25.4. The van der Waals surface area contributed by atoms with Crippen LogP contribution in [0.25, 0.3) is 0 Å². The highest BCUT2D eigenvalue weighted by Crippen LogP contribution is 2.38. The molecule has 0 fully saturated rings. The summed E-state index contributed by atoms with van der Waals surface area (Å²) in [6, 6.07) is 0. The minimum Gasteiger partial charge on any atom is -0.462 e. The van der Waals surface area contributed by atoms with Gasteiger partial charge in [0.15, 0.2) is 0 Å².